The molecule has 4 rings (SSSR count). The normalized spacial score (nSPS) is 14.1. The van der Waals surface area contributed by atoms with Crippen LogP contribution in [0.25, 0.3) is 10.9 Å². The zero-order chi connectivity index (χ0) is 21.5. The maximum absolute atomic E-state index is 13.2. The van der Waals surface area contributed by atoms with Crippen molar-refractivity contribution in [2.45, 2.75) is 37.5 Å². The van der Waals surface area contributed by atoms with Gasteiger partial charge in [0, 0.05) is 36.4 Å². The zero-order valence-electron chi connectivity index (χ0n) is 17.6. The van der Waals surface area contributed by atoms with E-state index in [4.69, 9.17) is 0 Å². The number of nitrogens with one attached hydrogen (secondary N) is 1. The molecule has 0 bridgehead atoms. The third kappa shape index (κ3) is 3.75. The van der Waals surface area contributed by atoms with Gasteiger partial charge in [-0.15, -0.1) is 0 Å². The van der Waals surface area contributed by atoms with Crippen LogP contribution >= 0.6 is 0 Å². The molecular formula is C23H27N3O3S. The van der Waals surface area contributed by atoms with E-state index in [-0.39, 0.29) is 17.3 Å². The van der Waals surface area contributed by atoms with E-state index in [0.29, 0.717) is 0 Å². The van der Waals surface area contributed by atoms with Crippen molar-refractivity contribution in [1.29, 1.82) is 0 Å². The number of nitrogens with zero attached hydrogens (tertiary/aromatic N) is 2. The molecule has 0 unspecified atom stereocenters. The Morgan fingerprint density at radius 1 is 1.03 bits per heavy atom. The number of H-pyrrole nitrogens is 1. The highest BCUT2D eigenvalue weighted by molar-refractivity contribution is 7.89. The van der Waals surface area contributed by atoms with Crippen LogP contribution in [-0.4, -0.2) is 44.3 Å². The molecule has 1 N–H and O–H groups in total. The molecule has 1 aliphatic rings. The van der Waals surface area contributed by atoms with Crippen LogP contribution in [0.1, 0.15) is 29.7 Å². The molecule has 0 atom stereocenters. The summed E-state index contributed by atoms with van der Waals surface area (Å²) in [5.74, 6) is -0.287. The van der Waals surface area contributed by atoms with Gasteiger partial charge in [-0.3, -0.25) is 4.79 Å². The molecule has 1 aliphatic carbocycles. The summed E-state index contributed by atoms with van der Waals surface area (Å²) in [6, 6.07) is 12.7. The van der Waals surface area contributed by atoms with Crippen LogP contribution in [0.3, 0.4) is 0 Å². The van der Waals surface area contributed by atoms with Crippen LogP contribution in [0.15, 0.2) is 47.4 Å². The molecule has 6 nitrogen and oxygen atoms in total. The van der Waals surface area contributed by atoms with Gasteiger partial charge in [-0.2, -0.15) is 4.31 Å². The average Bonchev–Trinajstić information content (AvgIpc) is 3.11. The van der Waals surface area contributed by atoms with E-state index in [9.17, 15) is 13.2 Å². The summed E-state index contributed by atoms with van der Waals surface area (Å²) in [6.45, 7) is 1.75. The number of hydrogen-bond acceptors (Lipinski definition) is 3. The molecule has 30 heavy (non-hydrogen) atoms. The van der Waals surface area contributed by atoms with E-state index in [1.54, 1.807) is 19.2 Å². The Morgan fingerprint density at radius 3 is 2.47 bits per heavy atom. The first kappa shape index (κ1) is 20.6. The second-order valence-electron chi connectivity index (χ2n) is 8.05. The number of hydrogen-bond donors (Lipinski definition) is 1. The van der Waals surface area contributed by atoms with Crippen molar-refractivity contribution < 1.29 is 13.2 Å². The van der Waals surface area contributed by atoms with E-state index in [0.717, 1.165) is 52.1 Å². The number of anilines is 1. The lowest BCUT2D eigenvalue weighted by Gasteiger charge is -2.22. The molecule has 0 aliphatic heterocycles. The number of carbonyl (C=O) groups excluding carboxylic acids is 1. The minimum atomic E-state index is -3.78. The smallest absolute Gasteiger partial charge is 0.243 e. The zero-order valence-corrected chi connectivity index (χ0v) is 18.4. The van der Waals surface area contributed by atoms with E-state index >= 15 is 0 Å². The van der Waals surface area contributed by atoms with Crippen LogP contribution in [0.4, 0.5) is 5.69 Å². The van der Waals surface area contributed by atoms with Crippen molar-refractivity contribution in [3.05, 3.63) is 59.3 Å². The van der Waals surface area contributed by atoms with Gasteiger partial charge in [-0.25, -0.2) is 8.42 Å². The molecule has 0 saturated carbocycles. The van der Waals surface area contributed by atoms with Crippen molar-refractivity contribution in [2.75, 3.05) is 25.5 Å². The Morgan fingerprint density at radius 2 is 1.73 bits per heavy atom. The number of aromatic nitrogens is 1. The monoisotopic (exact) mass is 425 g/mol. The molecule has 0 spiro atoms. The number of aryl methyl sites for hydroxylation is 3. The largest absolute Gasteiger partial charge is 0.358 e. The maximum atomic E-state index is 13.2. The third-order valence-corrected chi connectivity index (χ3v) is 7.73. The number of amides is 1. The lowest BCUT2D eigenvalue weighted by atomic mass is 9.96. The fourth-order valence-electron chi connectivity index (χ4n) is 4.02. The fraction of sp³-hybridized carbons (Fsp3) is 0.348. The summed E-state index contributed by atoms with van der Waals surface area (Å²) in [4.78, 5) is 17.8. The molecule has 0 fully saturated rings. The van der Waals surface area contributed by atoms with E-state index in [1.165, 1.54) is 23.2 Å². The molecule has 1 aromatic heterocycles. The number of sulfonamides is 1. The predicted molar refractivity (Wildman–Crippen MR) is 119 cm³/mol. The molecule has 0 saturated heterocycles. The van der Waals surface area contributed by atoms with Gasteiger partial charge >= 0.3 is 0 Å². The van der Waals surface area contributed by atoms with Gasteiger partial charge in [0.25, 0.3) is 0 Å². The van der Waals surface area contributed by atoms with Gasteiger partial charge in [0.1, 0.15) is 0 Å². The Bertz CT molecular complexity index is 1200. The van der Waals surface area contributed by atoms with Crippen LogP contribution in [-0.2, 0) is 27.7 Å². The lowest BCUT2D eigenvalue weighted by molar-refractivity contribution is -0.118. The third-order valence-electron chi connectivity index (χ3n) is 5.93. The number of likely N-dealkylation sites (N-methyl/N-ethyl adjacent to an activating group) is 2. The Balaban J connectivity index is 1.56. The van der Waals surface area contributed by atoms with E-state index in [2.05, 4.69) is 4.98 Å². The standard InChI is InChI=1S/C23H27N3O3S/c1-16-8-10-17(11-9-16)26(3)23(27)15-25(2)30(28,29)18-12-13-22-20(14-18)19-6-4-5-7-21(19)24-22/h8-14,24H,4-7,15H2,1-3H3. The van der Waals surface area contributed by atoms with Gasteiger partial charge < -0.3 is 9.88 Å². The van der Waals surface area contributed by atoms with Gasteiger partial charge in [0.2, 0.25) is 15.9 Å². The van der Waals surface area contributed by atoms with Gasteiger partial charge in [-0.1, -0.05) is 17.7 Å². The van der Waals surface area contributed by atoms with Crippen LogP contribution in [0, 0.1) is 6.92 Å². The molecule has 1 heterocycles. The topological polar surface area (TPSA) is 73.5 Å². The van der Waals surface area contributed by atoms with Crippen LogP contribution < -0.4 is 4.90 Å². The predicted octanol–water partition coefficient (Wildman–Crippen LogP) is 3.64. The highest BCUT2D eigenvalue weighted by Crippen LogP contribution is 2.31. The number of aromatic amines is 1. The van der Waals surface area contributed by atoms with E-state index < -0.39 is 10.0 Å². The van der Waals surface area contributed by atoms with Gasteiger partial charge in [-0.05, 0) is 68.5 Å². The van der Waals surface area contributed by atoms with Crippen molar-refractivity contribution >= 4 is 32.5 Å². The molecule has 7 heteroatoms. The van der Waals surface area contributed by atoms with Crippen LogP contribution in [0.5, 0.6) is 0 Å². The number of rotatable bonds is 5. The molecule has 0 radical (unpaired) electrons. The second-order valence-corrected chi connectivity index (χ2v) is 10.1. The molecule has 158 valence electrons. The van der Waals surface area contributed by atoms with Gasteiger partial charge in [0.15, 0.2) is 0 Å². The maximum Gasteiger partial charge on any atom is 0.243 e. The van der Waals surface area contributed by atoms with E-state index in [1.807, 2.05) is 37.3 Å². The van der Waals surface area contributed by atoms with Crippen molar-refractivity contribution in [2.24, 2.45) is 0 Å². The minimum absolute atomic E-state index is 0.218. The summed E-state index contributed by atoms with van der Waals surface area (Å²) in [6.07, 6.45) is 4.25. The minimum Gasteiger partial charge on any atom is -0.358 e. The summed E-state index contributed by atoms with van der Waals surface area (Å²) >= 11 is 0. The van der Waals surface area contributed by atoms with Crippen molar-refractivity contribution in [3.63, 3.8) is 0 Å². The highest BCUT2D eigenvalue weighted by Gasteiger charge is 2.26. The first-order valence-corrected chi connectivity index (χ1v) is 11.6. The molecule has 2 aromatic carbocycles. The summed E-state index contributed by atoms with van der Waals surface area (Å²) in [5.41, 5.74) is 5.25. The Labute approximate surface area is 177 Å². The lowest BCUT2D eigenvalue weighted by Crippen LogP contribution is -2.39. The summed E-state index contributed by atoms with van der Waals surface area (Å²) in [5, 5.41) is 0.974. The summed E-state index contributed by atoms with van der Waals surface area (Å²) in [7, 11) is -0.671. The summed E-state index contributed by atoms with van der Waals surface area (Å²) < 4.78 is 27.4. The fourth-order valence-corrected chi connectivity index (χ4v) is 5.17. The first-order valence-electron chi connectivity index (χ1n) is 10.2. The quantitative estimate of drug-likeness (QED) is 0.678. The molecular weight excluding hydrogens is 398 g/mol. The molecule has 1 amide bonds. The first-order chi connectivity index (χ1) is 14.3. The number of benzene rings is 2. The average molecular weight is 426 g/mol. The number of fused-ring (bicyclic) bond motifs is 3. The van der Waals surface area contributed by atoms with Gasteiger partial charge in [0.05, 0.1) is 11.4 Å². The highest BCUT2D eigenvalue weighted by atomic mass is 32.2. The Hall–Kier alpha value is -2.64. The SMILES string of the molecule is Cc1ccc(N(C)C(=O)CN(C)S(=O)(=O)c2ccc3[nH]c4c(c3c2)CCCC4)cc1. The number of carbonyl (C=O) groups is 1. The second kappa shape index (κ2) is 7.89. The van der Waals surface area contributed by atoms with Crippen LogP contribution in [0.2, 0.25) is 0 Å². The van der Waals surface area contributed by atoms with Crippen molar-refractivity contribution in [1.82, 2.24) is 9.29 Å². The van der Waals surface area contributed by atoms with Crippen molar-refractivity contribution in [3.8, 4) is 0 Å². The molecule has 3 aromatic rings. The Kier molecular flexibility index (Phi) is 5.42.